The van der Waals surface area contributed by atoms with E-state index in [1.807, 2.05) is 6.08 Å². The van der Waals surface area contributed by atoms with E-state index in [4.69, 9.17) is 0 Å². The minimum Gasteiger partial charge on any atom is -0.295 e. The van der Waals surface area contributed by atoms with Crippen LogP contribution in [0.1, 0.15) is 58.3 Å². The maximum absolute atomic E-state index is 12.1. The Labute approximate surface area is 134 Å². The summed E-state index contributed by atoms with van der Waals surface area (Å²) in [5.74, 6) is 3.94. The molecule has 4 aliphatic rings. The van der Waals surface area contributed by atoms with Crippen LogP contribution < -0.4 is 0 Å². The third kappa shape index (κ3) is 2.09. The number of carbonyl (C=O) groups excluding carboxylic acids is 1. The van der Waals surface area contributed by atoms with Crippen LogP contribution >= 0.6 is 0 Å². The predicted octanol–water partition coefficient (Wildman–Crippen LogP) is 5.09. The first-order chi connectivity index (χ1) is 10.6. The first kappa shape index (κ1) is 14.5. The maximum Gasteiger partial charge on any atom is 0.156 e. The molecule has 0 saturated heterocycles. The molecule has 118 valence electrons. The lowest BCUT2D eigenvalue weighted by molar-refractivity contribution is -0.117. The molecule has 0 radical (unpaired) electrons. The summed E-state index contributed by atoms with van der Waals surface area (Å²) in [6.07, 6.45) is 14.4. The molecular formula is C21H28O. The van der Waals surface area contributed by atoms with E-state index in [1.165, 1.54) is 44.1 Å². The zero-order valence-electron chi connectivity index (χ0n) is 13.8. The fraction of sp³-hybridized carbons (Fsp3) is 0.714. The SMILES string of the molecule is C=C=CC1CC(=O)C=C2CC[C@@H]3[C@H](CC[C@]4(C)CCC[C@@H]34)[C@H]21. The summed E-state index contributed by atoms with van der Waals surface area (Å²) in [7, 11) is 0. The van der Waals surface area contributed by atoms with E-state index in [-0.39, 0.29) is 0 Å². The van der Waals surface area contributed by atoms with Gasteiger partial charge in [0.1, 0.15) is 0 Å². The molecule has 0 spiro atoms. The zero-order chi connectivity index (χ0) is 15.3. The average Bonchev–Trinajstić information content (AvgIpc) is 2.88. The number of allylic oxidation sites excluding steroid dienone is 2. The molecule has 0 aromatic rings. The van der Waals surface area contributed by atoms with Crippen LogP contribution in [0.4, 0.5) is 0 Å². The monoisotopic (exact) mass is 296 g/mol. The minimum absolute atomic E-state index is 0.322. The van der Waals surface area contributed by atoms with Crippen molar-refractivity contribution in [1.82, 2.24) is 0 Å². The molecule has 4 aliphatic carbocycles. The summed E-state index contributed by atoms with van der Waals surface area (Å²) in [5, 5.41) is 0. The lowest BCUT2D eigenvalue weighted by Crippen LogP contribution is -2.46. The molecule has 0 N–H and O–H groups in total. The molecule has 0 heterocycles. The summed E-state index contributed by atoms with van der Waals surface area (Å²) in [6, 6.07) is 0. The van der Waals surface area contributed by atoms with Crippen molar-refractivity contribution < 1.29 is 4.79 Å². The number of hydrogen-bond donors (Lipinski definition) is 0. The van der Waals surface area contributed by atoms with Crippen molar-refractivity contribution in [3.8, 4) is 0 Å². The van der Waals surface area contributed by atoms with Crippen LogP contribution in [0.15, 0.2) is 30.0 Å². The Hall–Kier alpha value is -1.07. The van der Waals surface area contributed by atoms with E-state index < -0.39 is 0 Å². The summed E-state index contributed by atoms with van der Waals surface area (Å²) < 4.78 is 0. The molecule has 3 fully saturated rings. The molecule has 1 nitrogen and oxygen atoms in total. The van der Waals surface area contributed by atoms with Crippen LogP contribution in [0.2, 0.25) is 0 Å². The molecule has 0 aliphatic heterocycles. The van der Waals surface area contributed by atoms with Gasteiger partial charge in [-0.25, -0.2) is 0 Å². The van der Waals surface area contributed by atoms with Crippen molar-refractivity contribution in [2.75, 3.05) is 0 Å². The zero-order valence-corrected chi connectivity index (χ0v) is 13.8. The molecule has 3 saturated carbocycles. The van der Waals surface area contributed by atoms with Gasteiger partial charge in [-0.05, 0) is 85.7 Å². The number of rotatable bonds is 1. The van der Waals surface area contributed by atoms with Crippen LogP contribution in [0.25, 0.3) is 0 Å². The molecule has 0 bridgehead atoms. The average molecular weight is 296 g/mol. The summed E-state index contributed by atoms with van der Waals surface area (Å²) >= 11 is 0. The van der Waals surface area contributed by atoms with Gasteiger partial charge in [-0.15, -0.1) is 5.73 Å². The lowest BCUT2D eigenvalue weighted by atomic mass is 9.51. The van der Waals surface area contributed by atoms with Crippen molar-refractivity contribution in [2.24, 2.45) is 35.0 Å². The van der Waals surface area contributed by atoms with Gasteiger partial charge in [-0.2, -0.15) is 0 Å². The van der Waals surface area contributed by atoms with E-state index in [9.17, 15) is 4.79 Å². The molecule has 1 heteroatoms. The van der Waals surface area contributed by atoms with Crippen LogP contribution in [-0.2, 0) is 4.79 Å². The summed E-state index contributed by atoms with van der Waals surface area (Å²) in [4.78, 5) is 12.1. The highest BCUT2D eigenvalue weighted by molar-refractivity contribution is 5.91. The van der Waals surface area contributed by atoms with E-state index >= 15 is 0 Å². The van der Waals surface area contributed by atoms with E-state index in [0.717, 1.165) is 24.2 Å². The second kappa shape index (κ2) is 5.24. The molecule has 22 heavy (non-hydrogen) atoms. The van der Waals surface area contributed by atoms with Crippen molar-refractivity contribution in [2.45, 2.75) is 58.3 Å². The predicted molar refractivity (Wildman–Crippen MR) is 89.3 cm³/mol. The number of ketones is 1. The molecule has 0 aromatic carbocycles. The van der Waals surface area contributed by atoms with Crippen LogP contribution in [0.3, 0.4) is 0 Å². The number of hydrogen-bond acceptors (Lipinski definition) is 1. The normalized spacial score (nSPS) is 46.9. The van der Waals surface area contributed by atoms with Crippen molar-refractivity contribution >= 4 is 5.78 Å². The summed E-state index contributed by atoms with van der Waals surface area (Å²) in [5.41, 5.74) is 5.06. The number of carbonyl (C=O) groups is 1. The van der Waals surface area contributed by atoms with Crippen molar-refractivity contribution in [3.05, 3.63) is 30.0 Å². The molecule has 0 amide bonds. The standard InChI is InChI=1S/C21H28O/c1-3-5-14-12-16(22)13-15-7-8-17-18(20(14)15)9-11-21(2)10-4-6-19(17)21/h5,13-14,17-20H,1,4,6-12H2,2H3/t14?,17-,18+,19+,20+,21+/m1/s1. The first-order valence-corrected chi connectivity index (χ1v) is 9.21. The van der Waals surface area contributed by atoms with E-state index in [2.05, 4.69) is 25.3 Å². The Kier molecular flexibility index (Phi) is 3.46. The third-order valence-electron chi connectivity index (χ3n) is 7.51. The summed E-state index contributed by atoms with van der Waals surface area (Å²) in [6.45, 7) is 6.33. The van der Waals surface area contributed by atoms with Gasteiger partial charge in [0.2, 0.25) is 0 Å². The molecule has 6 atom stereocenters. The highest BCUT2D eigenvalue weighted by atomic mass is 16.1. The minimum atomic E-state index is 0.322. The van der Waals surface area contributed by atoms with Gasteiger partial charge in [0, 0.05) is 6.42 Å². The van der Waals surface area contributed by atoms with Gasteiger partial charge in [0.25, 0.3) is 0 Å². The second-order valence-corrected chi connectivity index (χ2v) is 8.51. The largest absolute Gasteiger partial charge is 0.295 e. The molecule has 4 rings (SSSR count). The Morgan fingerprint density at radius 1 is 1.27 bits per heavy atom. The smallest absolute Gasteiger partial charge is 0.156 e. The Morgan fingerprint density at radius 3 is 2.95 bits per heavy atom. The van der Waals surface area contributed by atoms with Crippen LogP contribution in [0, 0.1) is 35.0 Å². The second-order valence-electron chi connectivity index (χ2n) is 8.51. The Bertz CT molecular complexity index is 564. The first-order valence-electron chi connectivity index (χ1n) is 9.21. The topological polar surface area (TPSA) is 17.1 Å². The van der Waals surface area contributed by atoms with E-state index in [0.29, 0.717) is 29.5 Å². The van der Waals surface area contributed by atoms with Gasteiger partial charge in [-0.3, -0.25) is 4.79 Å². The van der Waals surface area contributed by atoms with Gasteiger partial charge >= 0.3 is 0 Å². The molecule has 1 unspecified atom stereocenters. The Balaban J connectivity index is 1.69. The highest BCUT2D eigenvalue weighted by Gasteiger charge is 2.53. The quantitative estimate of drug-likeness (QED) is 0.616. The third-order valence-corrected chi connectivity index (χ3v) is 7.51. The van der Waals surface area contributed by atoms with Gasteiger partial charge in [-0.1, -0.05) is 25.5 Å². The van der Waals surface area contributed by atoms with Crippen molar-refractivity contribution in [3.63, 3.8) is 0 Å². The lowest BCUT2D eigenvalue weighted by Gasteiger charge is -2.54. The van der Waals surface area contributed by atoms with Gasteiger partial charge < -0.3 is 0 Å². The van der Waals surface area contributed by atoms with Gasteiger partial charge in [0.05, 0.1) is 0 Å². The Morgan fingerprint density at radius 2 is 2.14 bits per heavy atom. The fourth-order valence-corrected chi connectivity index (χ4v) is 6.65. The fourth-order valence-electron chi connectivity index (χ4n) is 6.65. The van der Waals surface area contributed by atoms with Crippen LogP contribution in [-0.4, -0.2) is 5.78 Å². The van der Waals surface area contributed by atoms with E-state index in [1.54, 1.807) is 0 Å². The van der Waals surface area contributed by atoms with Crippen LogP contribution in [0.5, 0.6) is 0 Å². The molecular weight excluding hydrogens is 268 g/mol. The number of fused-ring (bicyclic) bond motifs is 5. The maximum atomic E-state index is 12.1. The van der Waals surface area contributed by atoms with Crippen molar-refractivity contribution in [1.29, 1.82) is 0 Å². The van der Waals surface area contributed by atoms with Gasteiger partial charge in [0.15, 0.2) is 5.78 Å². The molecule has 0 aromatic heterocycles. The highest BCUT2D eigenvalue weighted by Crippen LogP contribution is 2.62.